The Labute approximate surface area is 193 Å². The van der Waals surface area contributed by atoms with Gasteiger partial charge in [-0.25, -0.2) is 0 Å². The topological polar surface area (TPSA) is 85.8 Å². The molecule has 2 bridgehead atoms. The molecule has 4 atom stereocenters. The van der Waals surface area contributed by atoms with Crippen molar-refractivity contribution in [3.05, 3.63) is 89.9 Å². The fraction of sp³-hybridized carbons (Fsp3) is 0.333. The molecule has 6 nitrogen and oxygen atoms in total. The molecule has 5 rings (SSSR count). The van der Waals surface area contributed by atoms with Crippen LogP contribution in [0.5, 0.6) is 5.75 Å². The third kappa shape index (κ3) is 3.90. The predicted molar refractivity (Wildman–Crippen MR) is 123 cm³/mol. The van der Waals surface area contributed by atoms with Gasteiger partial charge in [0.1, 0.15) is 17.4 Å². The second-order valence-corrected chi connectivity index (χ2v) is 9.19. The molecule has 2 aliphatic rings. The van der Waals surface area contributed by atoms with Crippen molar-refractivity contribution in [3.63, 3.8) is 0 Å². The molecule has 1 aromatic heterocycles. The van der Waals surface area contributed by atoms with Gasteiger partial charge in [-0.3, -0.25) is 9.59 Å². The lowest BCUT2D eigenvalue weighted by Crippen LogP contribution is -2.64. The summed E-state index contributed by atoms with van der Waals surface area (Å²) < 4.78 is 12.1. The van der Waals surface area contributed by atoms with E-state index < -0.39 is 17.6 Å². The molecule has 1 saturated heterocycles. The van der Waals surface area contributed by atoms with Crippen LogP contribution in [0.4, 0.5) is 0 Å². The number of ether oxygens (including phenoxy) is 1. The van der Waals surface area contributed by atoms with Crippen LogP contribution in [0.3, 0.4) is 0 Å². The molecule has 2 N–H and O–H groups in total. The highest BCUT2D eigenvalue weighted by atomic mass is 16.5. The zero-order valence-electron chi connectivity index (χ0n) is 18.6. The van der Waals surface area contributed by atoms with Gasteiger partial charge in [0.2, 0.25) is 11.8 Å². The van der Waals surface area contributed by atoms with Gasteiger partial charge in [-0.15, -0.1) is 0 Å². The Morgan fingerprint density at radius 1 is 1.12 bits per heavy atom. The van der Waals surface area contributed by atoms with E-state index >= 15 is 0 Å². The number of fused-ring (bicyclic) bond motifs is 4. The van der Waals surface area contributed by atoms with Crippen molar-refractivity contribution in [1.82, 2.24) is 4.90 Å². The van der Waals surface area contributed by atoms with Crippen LogP contribution in [0.25, 0.3) is 0 Å². The van der Waals surface area contributed by atoms with Gasteiger partial charge in [-0.05, 0) is 49.1 Å². The minimum absolute atomic E-state index is 0.0828. The van der Waals surface area contributed by atoms with Gasteiger partial charge >= 0.3 is 0 Å². The van der Waals surface area contributed by atoms with Crippen molar-refractivity contribution in [2.45, 2.75) is 43.7 Å². The summed E-state index contributed by atoms with van der Waals surface area (Å²) in [6.07, 6.45) is 3.67. The maximum absolute atomic E-state index is 13.6. The quantitative estimate of drug-likeness (QED) is 0.553. The molecule has 0 spiro atoms. The van der Waals surface area contributed by atoms with Gasteiger partial charge in [-0.1, -0.05) is 48.5 Å². The third-order valence-corrected chi connectivity index (χ3v) is 7.03. The number of likely N-dealkylation sites (tertiary alicyclic amines) is 1. The summed E-state index contributed by atoms with van der Waals surface area (Å²) in [6.45, 7) is 2.37. The van der Waals surface area contributed by atoms with Gasteiger partial charge in [0.25, 0.3) is 0 Å². The number of nitrogens with zero attached hydrogens (tertiary/aromatic N) is 1. The first kappa shape index (κ1) is 21.3. The smallest absolute Gasteiger partial charge is 0.238 e. The van der Waals surface area contributed by atoms with Crippen molar-refractivity contribution < 1.29 is 18.7 Å². The molecule has 170 valence electrons. The molecule has 0 saturated carbocycles. The predicted octanol–water partition coefficient (Wildman–Crippen LogP) is 4.22. The van der Waals surface area contributed by atoms with Crippen molar-refractivity contribution >= 4 is 11.8 Å². The lowest BCUT2D eigenvalue weighted by molar-refractivity contribution is -0.175. The molecule has 0 radical (unpaired) electrons. The van der Waals surface area contributed by atoms with E-state index in [-0.39, 0.29) is 17.7 Å². The maximum Gasteiger partial charge on any atom is 0.238 e. The summed E-state index contributed by atoms with van der Waals surface area (Å²) in [4.78, 5) is 27.7. The Balaban J connectivity index is 1.43. The largest absolute Gasteiger partial charge is 0.469 e. The van der Waals surface area contributed by atoms with Gasteiger partial charge in [0.15, 0.2) is 5.72 Å². The second-order valence-electron chi connectivity index (χ2n) is 9.19. The molecule has 0 unspecified atom stereocenters. The van der Waals surface area contributed by atoms with Crippen LogP contribution in [-0.2, 0) is 16.0 Å². The summed E-state index contributed by atoms with van der Waals surface area (Å²) in [5.41, 5.74) is 7.00. The zero-order valence-corrected chi connectivity index (χ0v) is 18.6. The number of amides is 2. The van der Waals surface area contributed by atoms with E-state index in [0.29, 0.717) is 25.1 Å². The average Bonchev–Trinajstić information content (AvgIpc) is 3.33. The van der Waals surface area contributed by atoms with Crippen molar-refractivity contribution in [2.75, 3.05) is 6.54 Å². The highest BCUT2D eigenvalue weighted by molar-refractivity contribution is 6.01. The molecule has 2 amide bonds. The molecule has 3 aromatic rings. The van der Waals surface area contributed by atoms with E-state index in [4.69, 9.17) is 14.9 Å². The molecular formula is C27H28N2O4. The molecule has 2 aromatic carbocycles. The van der Waals surface area contributed by atoms with E-state index in [0.717, 1.165) is 17.7 Å². The number of para-hydroxylation sites is 1. The van der Waals surface area contributed by atoms with E-state index in [1.807, 2.05) is 61.5 Å². The molecule has 0 aliphatic carbocycles. The van der Waals surface area contributed by atoms with Gasteiger partial charge < -0.3 is 19.8 Å². The molecule has 2 aliphatic heterocycles. The van der Waals surface area contributed by atoms with Crippen molar-refractivity contribution in [1.29, 1.82) is 0 Å². The number of hydrogen-bond acceptors (Lipinski definition) is 4. The molecule has 3 heterocycles. The van der Waals surface area contributed by atoms with Crippen LogP contribution in [0.2, 0.25) is 0 Å². The summed E-state index contributed by atoms with van der Waals surface area (Å²) in [5.74, 6) is -0.320. The van der Waals surface area contributed by atoms with Crippen LogP contribution in [0, 0.1) is 5.92 Å². The lowest BCUT2D eigenvalue weighted by atomic mass is 9.73. The Bertz CT molecular complexity index is 1140. The van der Waals surface area contributed by atoms with Gasteiger partial charge in [0.05, 0.1) is 6.26 Å². The first-order chi connectivity index (χ1) is 16.0. The fourth-order valence-corrected chi connectivity index (χ4v) is 5.43. The van der Waals surface area contributed by atoms with Crippen LogP contribution in [0.15, 0.2) is 77.4 Å². The standard InChI is InChI=1S/C27H28N2O4/c1-27-17-21(20-10-5-6-11-23(20)33-27)24(25(28)30)26(31)29(27)14-13-19(22-12-7-15-32-22)16-18-8-3-2-4-9-18/h2-12,15,19,21,24H,13-14,16-17H2,1H3,(H2,28,30)/t19-,21-,24-,27-/m0/s1. The van der Waals surface area contributed by atoms with Crippen LogP contribution < -0.4 is 10.5 Å². The first-order valence-electron chi connectivity index (χ1n) is 11.4. The SMILES string of the molecule is C[C@@]12C[C@@H](c3ccccc3O1)[C@@H](C(N)=O)C(=O)N2CC[C@@H](Cc1ccccc1)c1ccco1. The van der Waals surface area contributed by atoms with E-state index in [9.17, 15) is 9.59 Å². The number of hydrogen-bond donors (Lipinski definition) is 1. The Morgan fingerprint density at radius 3 is 2.61 bits per heavy atom. The lowest BCUT2D eigenvalue weighted by Gasteiger charge is -2.52. The highest BCUT2D eigenvalue weighted by Crippen LogP contribution is 2.50. The molecule has 33 heavy (non-hydrogen) atoms. The summed E-state index contributed by atoms with van der Waals surface area (Å²) in [7, 11) is 0. The van der Waals surface area contributed by atoms with Crippen molar-refractivity contribution in [3.8, 4) is 5.75 Å². The first-order valence-corrected chi connectivity index (χ1v) is 11.4. The van der Waals surface area contributed by atoms with Crippen LogP contribution in [0.1, 0.15) is 48.5 Å². The number of carbonyl (C=O) groups is 2. The van der Waals surface area contributed by atoms with E-state index in [2.05, 4.69) is 12.1 Å². The number of primary amides is 1. The maximum atomic E-state index is 13.6. The fourth-order valence-electron chi connectivity index (χ4n) is 5.43. The van der Waals surface area contributed by atoms with Gasteiger partial charge in [0, 0.05) is 24.8 Å². The van der Waals surface area contributed by atoms with Crippen molar-refractivity contribution in [2.24, 2.45) is 11.7 Å². The summed E-state index contributed by atoms with van der Waals surface area (Å²) in [6, 6.07) is 21.7. The minimum atomic E-state index is -0.890. The third-order valence-electron chi connectivity index (χ3n) is 7.03. The Hall–Kier alpha value is -3.54. The normalized spacial score (nSPS) is 24.6. The van der Waals surface area contributed by atoms with E-state index in [1.54, 1.807) is 11.2 Å². The van der Waals surface area contributed by atoms with E-state index in [1.165, 1.54) is 5.56 Å². The number of nitrogens with two attached hydrogens (primary N) is 1. The van der Waals surface area contributed by atoms with Gasteiger partial charge in [-0.2, -0.15) is 0 Å². The zero-order chi connectivity index (χ0) is 23.0. The summed E-state index contributed by atoms with van der Waals surface area (Å²) >= 11 is 0. The highest BCUT2D eigenvalue weighted by Gasteiger charge is 2.55. The Morgan fingerprint density at radius 2 is 1.88 bits per heavy atom. The second kappa shape index (κ2) is 8.43. The molecule has 6 heteroatoms. The van der Waals surface area contributed by atoms with Crippen LogP contribution in [-0.4, -0.2) is 29.0 Å². The number of benzene rings is 2. The van der Waals surface area contributed by atoms with Crippen LogP contribution >= 0.6 is 0 Å². The number of piperidine rings is 1. The molecule has 1 fully saturated rings. The Kier molecular flexibility index (Phi) is 5.44. The molecular weight excluding hydrogens is 416 g/mol. The minimum Gasteiger partial charge on any atom is -0.469 e. The average molecular weight is 445 g/mol. The summed E-state index contributed by atoms with van der Waals surface area (Å²) in [5, 5.41) is 0. The number of furan rings is 1. The number of carbonyl (C=O) groups excluding carboxylic acids is 2. The number of rotatable bonds is 7. The monoisotopic (exact) mass is 444 g/mol.